The van der Waals surface area contributed by atoms with Crippen molar-refractivity contribution in [3.8, 4) is 5.75 Å². The molecule has 5 nitrogen and oxygen atoms in total. The SMILES string of the molecule is COc1ccccc1/C=C1/Sc2ccc(C(=O)NC(C)C)cc2N(C)C1=O. The number of amides is 2. The molecule has 0 fully saturated rings. The standard InChI is InChI=1S/C21H22N2O3S/c1-13(2)22-20(24)15-9-10-18-16(11-15)23(3)21(25)19(27-18)12-14-7-5-6-8-17(14)26-4/h5-13H,1-4H3,(H,22,24)/b19-12+. The van der Waals surface area contributed by atoms with Gasteiger partial charge in [0.1, 0.15) is 5.75 Å². The van der Waals surface area contributed by atoms with Gasteiger partial charge in [-0.3, -0.25) is 9.59 Å². The smallest absolute Gasteiger partial charge is 0.264 e. The van der Waals surface area contributed by atoms with Gasteiger partial charge in [0, 0.05) is 29.1 Å². The minimum atomic E-state index is -0.144. The third-order valence-electron chi connectivity index (χ3n) is 4.16. The number of para-hydroxylation sites is 1. The highest BCUT2D eigenvalue weighted by molar-refractivity contribution is 8.04. The van der Waals surface area contributed by atoms with Gasteiger partial charge in [0.05, 0.1) is 17.7 Å². The molecule has 0 atom stereocenters. The van der Waals surface area contributed by atoms with Gasteiger partial charge in [-0.05, 0) is 44.2 Å². The first-order valence-corrected chi connectivity index (χ1v) is 9.48. The van der Waals surface area contributed by atoms with Crippen LogP contribution in [0.25, 0.3) is 6.08 Å². The number of benzene rings is 2. The monoisotopic (exact) mass is 382 g/mol. The van der Waals surface area contributed by atoms with Crippen LogP contribution in [-0.4, -0.2) is 32.0 Å². The van der Waals surface area contributed by atoms with Crippen molar-refractivity contribution in [1.82, 2.24) is 5.32 Å². The lowest BCUT2D eigenvalue weighted by atomic mass is 10.1. The van der Waals surface area contributed by atoms with Crippen molar-refractivity contribution < 1.29 is 14.3 Å². The van der Waals surface area contributed by atoms with Crippen molar-refractivity contribution >= 4 is 35.3 Å². The molecule has 0 saturated heterocycles. The van der Waals surface area contributed by atoms with E-state index in [-0.39, 0.29) is 17.9 Å². The molecule has 0 aromatic heterocycles. The first-order valence-electron chi connectivity index (χ1n) is 8.66. The van der Waals surface area contributed by atoms with Crippen LogP contribution in [0.2, 0.25) is 0 Å². The normalized spacial score (nSPS) is 15.1. The zero-order chi connectivity index (χ0) is 19.6. The summed E-state index contributed by atoms with van der Waals surface area (Å²) < 4.78 is 5.37. The topological polar surface area (TPSA) is 58.6 Å². The molecule has 1 N–H and O–H groups in total. The fourth-order valence-corrected chi connectivity index (χ4v) is 3.89. The summed E-state index contributed by atoms with van der Waals surface area (Å²) in [6.07, 6.45) is 1.84. The van der Waals surface area contributed by atoms with Gasteiger partial charge in [-0.2, -0.15) is 0 Å². The summed E-state index contributed by atoms with van der Waals surface area (Å²) in [5, 5.41) is 2.87. The van der Waals surface area contributed by atoms with E-state index in [4.69, 9.17) is 4.74 Å². The van der Waals surface area contributed by atoms with Crippen molar-refractivity contribution in [3.05, 3.63) is 58.5 Å². The molecule has 1 aliphatic rings. The van der Waals surface area contributed by atoms with Gasteiger partial charge in [-0.15, -0.1) is 0 Å². The summed E-state index contributed by atoms with van der Waals surface area (Å²) in [5.41, 5.74) is 2.12. The van der Waals surface area contributed by atoms with Crippen LogP contribution in [0.3, 0.4) is 0 Å². The predicted octanol–water partition coefficient (Wildman–Crippen LogP) is 3.94. The third kappa shape index (κ3) is 4.01. The van der Waals surface area contributed by atoms with Crippen LogP contribution in [0.15, 0.2) is 52.3 Å². The van der Waals surface area contributed by atoms with Gasteiger partial charge >= 0.3 is 0 Å². The number of fused-ring (bicyclic) bond motifs is 1. The van der Waals surface area contributed by atoms with Crippen molar-refractivity contribution in [1.29, 1.82) is 0 Å². The number of carbonyl (C=O) groups is 2. The van der Waals surface area contributed by atoms with Crippen LogP contribution in [0.5, 0.6) is 5.75 Å². The van der Waals surface area contributed by atoms with Crippen molar-refractivity contribution in [2.45, 2.75) is 24.8 Å². The Morgan fingerprint density at radius 1 is 1.22 bits per heavy atom. The van der Waals surface area contributed by atoms with E-state index >= 15 is 0 Å². The Bertz CT molecular complexity index is 921. The fourth-order valence-electron chi connectivity index (χ4n) is 2.81. The zero-order valence-corrected chi connectivity index (χ0v) is 16.6. The number of ether oxygens (including phenoxy) is 1. The van der Waals surface area contributed by atoms with Crippen molar-refractivity contribution in [2.24, 2.45) is 0 Å². The fraction of sp³-hybridized carbons (Fsp3) is 0.238. The molecule has 1 aliphatic heterocycles. The molecular formula is C21H22N2O3S. The van der Waals surface area contributed by atoms with E-state index in [1.54, 1.807) is 31.2 Å². The molecule has 2 aromatic carbocycles. The number of rotatable bonds is 4. The Balaban J connectivity index is 1.95. The van der Waals surface area contributed by atoms with Gasteiger partial charge in [0.25, 0.3) is 11.8 Å². The highest BCUT2D eigenvalue weighted by atomic mass is 32.2. The summed E-state index contributed by atoms with van der Waals surface area (Å²) in [7, 11) is 3.33. The summed E-state index contributed by atoms with van der Waals surface area (Å²) in [5.74, 6) is 0.460. The van der Waals surface area contributed by atoms with Crippen LogP contribution in [0, 0.1) is 0 Å². The molecule has 0 spiro atoms. The average molecular weight is 382 g/mol. The second-order valence-electron chi connectivity index (χ2n) is 6.53. The molecule has 0 unspecified atom stereocenters. The Hall–Kier alpha value is -2.73. The number of nitrogens with zero attached hydrogens (tertiary/aromatic N) is 1. The Morgan fingerprint density at radius 2 is 1.96 bits per heavy atom. The van der Waals surface area contributed by atoms with E-state index in [0.29, 0.717) is 16.2 Å². The highest BCUT2D eigenvalue weighted by Gasteiger charge is 2.27. The van der Waals surface area contributed by atoms with Crippen molar-refractivity contribution in [2.75, 3.05) is 19.1 Å². The summed E-state index contributed by atoms with van der Waals surface area (Å²) in [4.78, 5) is 28.2. The minimum Gasteiger partial charge on any atom is -0.496 e. The average Bonchev–Trinajstić information content (AvgIpc) is 2.65. The minimum absolute atomic E-state index is 0.0534. The molecule has 140 valence electrons. The quantitative estimate of drug-likeness (QED) is 0.814. The molecule has 3 rings (SSSR count). The summed E-state index contributed by atoms with van der Waals surface area (Å²) in [6, 6.07) is 13.1. The lowest BCUT2D eigenvalue weighted by molar-refractivity contribution is -0.114. The molecule has 1 heterocycles. The molecule has 0 bridgehead atoms. The van der Waals surface area contributed by atoms with E-state index in [1.807, 2.05) is 50.3 Å². The van der Waals surface area contributed by atoms with Gasteiger partial charge < -0.3 is 15.0 Å². The molecule has 2 amide bonds. The van der Waals surface area contributed by atoms with E-state index in [2.05, 4.69) is 5.32 Å². The Kier molecular flexibility index (Phi) is 5.56. The summed E-state index contributed by atoms with van der Waals surface area (Å²) in [6.45, 7) is 3.83. The molecule has 0 aliphatic carbocycles. The van der Waals surface area contributed by atoms with Crippen LogP contribution < -0.4 is 15.0 Å². The first-order chi connectivity index (χ1) is 12.9. The lowest BCUT2D eigenvalue weighted by Gasteiger charge is -2.27. The molecule has 6 heteroatoms. The molecule has 27 heavy (non-hydrogen) atoms. The van der Waals surface area contributed by atoms with Crippen LogP contribution in [0.4, 0.5) is 5.69 Å². The third-order valence-corrected chi connectivity index (χ3v) is 5.24. The van der Waals surface area contributed by atoms with Gasteiger partial charge in [0.15, 0.2) is 0 Å². The second kappa shape index (κ2) is 7.88. The molecule has 0 saturated carbocycles. The Labute approximate surface area is 163 Å². The van der Waals surface area contributed by atoms with Gasteiger partial charge in [-0.1, -0.05) is 30.0 Å². The van der Waals surface area contributed by atoms with Crippen LogP contribution in [0.1, 0.15) is 29.8 Å². The molecule has 0 radical (unpaired) electrons. The van der Waals surface area contributed by atoms with Gasteiger partial charge in [0.2, 0.25) is 0 Å². The summed E-state index contributed by atoms with van der Waals surface area (Å²) >= 11 is 1.40. The Morgan fingerprint density at radius 3 is 2.67 bits per heavy atom. The van der Waals surface area contributed by atoms with Gasteiger partial charge in [-0.25, -0.2) is 0 Å². The maximum Gasteiger partial charge on any atom is 0.264 e. The number of anilines is 1. The van der Waals surface area contributed by atoms with Crippen molar-refractivity contribution in [3.63, 3.8) is 0 Å². The molecule has 2 aromatic rings. The maximum absolute atomic E-state index is 12.8. The highest BCUT2D eigenvalue weighted by Crippen LogP contribution is 2.42. The van der Waals surface area contributed by atoms with E-state index in [0.717, 1.165) is 16.1 Å². The predicted molar refractivity (Wildman–Crippen MR) is 109 cm³/mol. The largest absolute Gasteiger partial charge is 0.496 e. The number of thioether (sulfide) groups is 1. The lowest BCUT2D eigenvalue weighted by Crippen LogP contribution is -2.32. The van der Waals surface area contributed by atoms with Crippen LogP contribution in [-0.2, 0) is 4.79 Å². The number of nitrogens with one attached hydrogen (secondary N) is 1. The number of methoxy groups -OCH3 is 1. The number of carbonyl (C=O) groups excluding carboxylic acids is 2. The number of likely N-dealkylation sites (N-methyl/N-ethyl adjacent to an activating group) is 1. The molecular weight excluding hydrogens is 360 g/mol. The van der Waals surface area contributed by atoms with E-state index < -0.39 is 0 Å². The first kappa shape index (κ1) is 19.0. The van der Waals surface area contributed by atoms with Crippen LogP contribution >= 0.6 is 11.8 Å². The number of hydrogen-bond acceptors (Lipinski definition) is 4. The van der Waals surface area contributed by atoms with E-state index in [9.17, 15) is 9.59 Å². The second-order valence-corrected chi connectivity index (χ2v) is 7.61. The number of hydrogen-bond donors (Lipinski definition) is 1. The maximum atomic E-state index is 12.8. The zero-order valence-electron chi connectivity index (χ0n) is 15.8. The van der Waals surface area contributed by atoms with E-state index in [1.165, 1.54) is 11.8 Å².